The summed E-state index contributed by atoms with van der Waals surface area (Å²) in [5, 5.41) is 16.3. The number of amides is 1. The SMILES string of the molecule is CCC(Nc1ncnc2[nH]cnc12)c1nc2cccc(NCc3ccc(C(=O)NO)c(C)c3)c2c(=O)n1-c1ccccc1. The smallest absolute Gasteiger partial charge is 0.274 e. The molecule has 6 rings (SSSR count). The Labute approximate surface area is 245 Å². The quantitative estimate of drug-likeness (QED) is 0.122. The fourth-order valence-corrected chi connectivity index (χ4v) is 5.19. The predicted molar refractivity (Wildman–Crippen MR) is 163 cm³/mol. The van der Waals surface area contributed by atoms with Gasteiger partial charge >= 0.3 is 0 Å². The number of carbonyl (C=O) groups excluding carboxylic acids is 1. The Hall–Kier alpha value is -5.62. The van der Waals surface area contributed by atoms with Gasteiger partial charge in [0.15, 0.2) is 11.5 Å². The molecule has 12 nitrogen and oxygen atoms in total. The van der Waals surface area contributed by atoms with Gasteiger partial charge in [-0.2, -0.15) is 0 Å². The number of hydrogen-bond acceptors (Lipinski definition) is 9. The molecule has 3 heterocycles. The molecule has 0 spiro atoms. The zero-order valence-corrected chi connectivity index (χ0v) is 23.5. The van der Waals surface area contributed by atoms with Gasteiger partial charge in [-0.15, -0.1) is 0 Å². The van der Waals surface area contributed by atoms with Gasteiger partial charge in [0.1, 0.15) is 17.7 Å². The van der Waals surface area contributed by atoms with E-state index < -0.39 is 5.91 Å². The minimum absolute atomic E-state index is 0.215. The minimum atomic E-state index is -0.567. The third-order valence-electron chi connectivity index (χ3n) is 7.31. The molecule has 216 valence electrons. The highest BCUT2D eigenvalue weighted by atomic mass is 16.5. The molecule has 0 fully saturated rings. The minimum Gasteiger partial charge on any atom is -0.380 e. The molecule has 1 amide bonds. The summed E-state index contributed by atoms with van der Waals surface area (Å²) in [5.41, 5.74) is 6.54. The molecule has 5 N–H and O–H groups in total. The number of aromatic nitrogens is 6. The van der Waals surface area contributed by atoms with E-state index in [1.165, 1.54) is 6.33 Å². The number of carbonyl (C=O) groups is 1. The Morgan fingerprint density at radius 2 is 1.88 bits per heavy atom. The van der Waals surface area contributed by atoms with E-state index in [1.54, 1.807) is 35.4 Å². The van der Waals surface area contributed by atoms with Crippen LogP contribution in [0.4, 0.5) is 11.5 Å². The average molecular weight is 576 g/mol. The van der Waals surface area contributed by atoms with Crippen molar-refractivity contribution in [3.05, 3.63) is 112 Å². The Morgan fingerprint density at radius 3 is 2.65 bits per heavy atom. The maximum atomic E-state index is 14.4. The highest BCUT2D eigenvalue weighted by Crippen LogP contribution is 2.28. The van der Waals surface area contributed by atoms with Crippen LogP contribution in [0.2, 0.25) is 0 Å². The molecule has 12 heteroatoms. The van der Waals surface area contributed by atoms with Crippen molar-refractivity contribution in [2.45, 2.75) is 32.9 Å². The molecule has 0 saturated heterocycles. The van der Waals surface area contributed by atoms with E-state index in [-0.39, 0.29) is 11.6 Å². The molecule has 0 aliphatic carbocycles. The van der Waals surface area contributed by atoms with E-state index in [0.717, 1.165) is 11.1 Å². The molecule has 3 aromatic heterocycles. The maximum absolute atomic E-state index is 14.4. The molecular weight excluding hydrogens is 546 g/mol. The monoisotopic (exact) mass is 575 g/mol. The van der Waals surface area contributed by atoms with Gasteiger partial charge in [-0.05, 0) is 54.8 Å². The number of anilines is 2. The number of nitrogens with zero attached hydrogens (tertiary/aromatic N) is 5. The van der Waals surface area contributed by atoms with E-state index >= 15 is 0 Å². The first kappa shape index (κ1) is 27.5. The lowest BCUT2D eigenvalue weighted by molar-refractivity contribution is 0.0705. The highest BCUT2D eigenvalue weighted by molar-refractivity contribution is 5.95. The zero-order valence-electron chi connectivity index (χ0n) is 23.5. The van der Waals surface area contributed by atoms with Gasteiger partial charge in [0, 0.05) is 17.8 Å². The van der Waals surface area contributed by atoms with Crippen LogP contribution >= 0.6 is 0 Å². The topological polar surface area (TPSA) is 163 Å². The molecule has 1 unspecified atom stereocenters. The van der Waals surface area contributed by atoms with E-state index in [4.69, 9.17) is 10.2 Å². The zero-order chi connectivity index (χ0) is 29.9. The van der Waals surface area contributed by atoms with Crippen molar-refractivity contribution in [3.8, 4) is 5.69 Å². The Morgan fingerprint density at radius 1 is 1.05 bits per heavy atom. The van der Waals surface area contributed by atoms with Crippen LogP contribution in [0.1, 0.15) is 46.7 Å². The summed E-state index contributed by atoms with van der Waals surface area (Å²) < 4.78 is 1.64. The van der Waals surface area contributed by atoms with Gasteiger partial charge in [-0.3, -0.25) is 19.4 Å². The van der Waals surface area contributed by atoms with E-state index in [9.17, 15) is 9.59 Å². The highest BCUT2D eigenvalue weighted by Gasteiger charge is 2.23. The third-order valence-corrected chi connectivity index (χ3v) is 7.31. The summed E-state index contributed by atoms with van der Waals surface area (Å²) >= 11 is 0. The lowest BCUT2D eigenvalue weighted by atomic mass is 10.0. The number of nitrogens with one attached hydrogen (secondary N) is 4. The Bertz CT molecular complexity index is 2000. The number of para-hydroxylation sites is 1. The van der Waals surface area contributed by atoms with E-state index in [2.05, 4.69) is 30.6 Å². The second kappa shape index (κ2) is 11.7. The molecule has 0 aliphatic rings. The molecular formula is C31H29N9O3. The van der Waals surface area contributed by atoms with Crippen LogP contribution in [-0.2, 0) is 6.54 Å². The predicted octanol–water partition coefficient (Wildman–Crippen LogP) is 4.65. The third kappa shape index (κ3) is 5.26. The van der Waals surface area contributed by atoms with Gasteiger partial charge in [0.2, 0.25) is 0 Å². The lowest BCUT2D eigenvalue weighted by Crippen LogP contribution is -2.28. The van der Waals surface area contributed by atoms with Crippen LogP contribution < -0.4 is 21.7 Å². The fourth-order valence-electron chi connectivity index (χ4n) is 5.19. The van der Waals surface area contributed by atoms with Crippen molar-refractivity contribution in [2.75, 3.05) is 10.6 Å². The molecule has 6 aromatic rings. The van der Waals surface area contributed by atoms with Crippen LogP contribution in [-0.4, -0.2) is 40.6 Å². The lowest BCUT2D eigenvalue weighted by Gasteiger charge is -2.23. The van der Waals surface area contributed by atoms with Crippen molar-refractivity contribution < 1.29 is 10.0 Å². The number of H-pyrrole nitrogens is 1. The molecule has 3 aromatic carbocycles. The van der Waals surface area contributed by atoms with Crippen molar-refractivity contribution in [1.29, 1.82) is 0 Å². The summed E-state index contributed by atoms with van der Waals surface area (Å²) in [7, 11) is 0. The second-order valence-electron chi connectivity index (χ2n) is 10.0. The first-order chi connectivity index (χ1) is 21.0. The molecule has 1 atom stereocenters. The largest absolute Gasteiger partial charge is 0.380 e. The summed E-state index contributed by atoms with van der Waals surface area (Å²) in [5.74, 6) is 0.516. The molecule has 0 radical (unpaired) electrons. The molecule has 0 bridgehead atoms. The maximum Gasteiger partial charge on any atom is 0.274 e. The van der Waals surface area contributed by atoms with Crippen LogP contribution in [0.3, 0.4) is 0 Å². The number of hydroxylamine groups is 1. The van der Waals surface area contributed by atoms with E-state index in [0.29, 0.717) is 63.6 Å². The van der Waals surface area contributed by atoms with Crippen molar-refractivity contribution in [2.24, 2.45) is 0 Å². The summed E-state index contributed by atoms with van der Waals surface area (Å²) in [6.45, 7) is 4.22. The van der Waals surface area contributed by atoms with Gasteiger partial charge in [0.05, 0.1) is 29.0 Å². The van der Waals surface area contributed by atoms with Crippen molar-refractivity contribution >= 4 is 39.5 Å². The number of benzene rings is 3. The normalized spacial score (nSPS) is 11.9. The number of aryl methyl sites for hydroxylation is 1. The number of fused-ring (bicyclic) bond motifs is 2. The second-order valence-corrected chi connectivity index (χ2v) is 10.0. The van der Waals surface area contributed by atoms with Gasteiger partial charge < -0.3 is 15.6 Å². The van der Waals surface area contributed by atoms with Crippen LogP contribution in [0.15, 0.2) is 84.2 Å². The number of imidazole rings is 1. The summed E-state index contributed by atoms with van der Waals surface area (Å²) in [4.78, 5) is 47.3. The first-order valence-corrected chi connectivity index (χ1v) is 13.8. The Kier molecular flexibility index (Phi) is 7.50. The summed E-state index contributed by atoms with van der Waals surface area (Å²) in [6, 6.07) is 19.9. The molecule has 0 aliphatic heterocycles. The van der Waals surface area contributed by atoms with Crippen molar-refractivity contribution in [3.63, 3.8) is 0 Å². The Balaban J connectivity index is 1.43. The fraction of sp³-hybridized carbons (Fsp3) is 0.161. The first-order valence-electron chi connectivity index (χ1n) is 13.8. The molecule has 0 saturated carbocycles. The van der Waals surface area contributed by atoms with E-state index in [1.807, 2.05) is 61.5 Å². The number of hydrogen-bond donors (Lipinski definition) is 5. The van der Waals surface area contributed by atoms with Gasteiger partial charge in [-0.1, -0.05) is 43.3 Å². The van der Waals surface area contributed by atoms with Gasteiger partial charge in [0.25, 0.3) is 11.5 Å². The number of rotatable bonds is 9. The van der Waals surface area contributed by atoms with Crippen LogP contribution in [0.25, 0.3) is 27.8 Å². The van der Waals surface area contributed by atoms with Gasteiger partial charge in [-0.25, -0.2) is 25.4 Å². The van der Waals surface area contributed by atoms with Crippen molar-refractivity contribution in [1.82, 2.24) is 35.0 Å². The van der Waals surface area contributed by atoms with Crippen LogP contribution in [0, 0.1) is 6.92 Å². The van der Waals surface area contributed by atoms with Crippen LogP contribution in [0.5, 0.6) is 0 Å². The average Bonchev–Trinajstić information content (AvgIpc) is 3.52. The standard InChI is InChI=1S/C31H29N9O3/c1-3-22(37-28-26-27(34-16-33-26)35-17-36-28)29-38-24-11-7-10-23(25(24)31(42)40(29)20-8-5-4-6-9-20)32-15-19-12-13-21(18(2)14-19)30(41)39-43/h4-14,16-17,22,32,43H,3,15H2,1-2H3,(H,39,41)(H2,33,34,35,36,37). The number of aromatic amines is 1. The summed E-state index contributed by atoms with van der Waals surface area (Å²) in [6.07, 6.45) is 3.64. The molecule has 43 heavy (non-hydrogen) atoms.